The van der Waals surface area contributed by atoms with Gasteiger partial charge in [0.2, 0.25) is 0 Å². The maximum atomic E-state index is 14.8. The van der Waals surface area contributed by atoms with Gasteiger partial charge in [-0.05, 0) is 56.9 Å². The molecular weight excluding hydrogens is 493 g/mol. The SMILES string of the molecule is CSc1ccc(F)c(-c2nc(C(=O)Nc3cnccc3[C@H]3C[C@@H](N)[C@](C)(O)[C@@H](C)O3)ccc2F)c1F. The third-order valence-electron chi connectivity index (χ3n) is 6.45. The number of rotatable bonds is 5. The second-order valence-corrected chi connectivity index (χ2v) is 9.57. The summed E-state index contributed by atoms with van der Waals surface area (Å²) in [4.78, 5) is 21.1. The van der Waals surface area contributed by atoms with Crippen LogP contribution < -0.4 is 11.1 Å². The van der Waals surface area contributed by atoms with E-state index in [2.05, 4.69) is 15.3 Å². The van der Waals surface area contributed by atoms with Crippen LogP contribution in [0.2, 0.25) is 0 Å². The lowest BCUT2D eigenvalue weighted by Gasteiger charge is -2.44. The molecule has 4 rings (SSSR count). The van der Waals surface area contributed by atoms with Crippen molar-refractivity contribution in [2.24, 2.45) is 5.73 Å². The standard InChI is InChI=1S/C25H25F3N4O3S/c1-12-25(2,34)20(29)10-18(35-12)13-8-9-30-11-17(13)32-24(33)16-6-4-15(27)23(31-16)21-14(26)5-7-19(36-3)22(21)28/h4-9,11-12,18,20,34H,10,29H2,1-3H3,(H,32,33)/t12-,18-,20-,25-/m1/s1. The van der Waals surface area contributed by atoms with Crippen molar-refractivity contribution in [3.05, 3.63) is 71.4 Å². The van der Waals surface area contributed by atoms with Gasteiger partial charge in [-0.1, -0.05) is 0 Å². The first-order valence-corrected chi connectivity index (χ1v) is 12.3. The quantitative estimate of drug-likeness (QED) is 0.428. The number of thioether (sulfide) groups is 1. The third kappa shape index (κ3) is 4.83. The molecule has 1 aromatic carbocycles. The van der Waals surface area contributed by atoms with Crippen molar-refractivity contribution < 1.29 is 27.8 Å². The van der Waals surface area contributed by atoms with E-state index in [-0.39, 0.29) is 17.0 Å². The van der Waals surface area contributed by atoms with Gasteiger partial charge >= 0.3 is 0 Å². The zero-order valence-corrected chi connectivity index (χ0v) is 20.6. The van der Waals surface area contributed by atoms with Gasteiger partial charge in [-0.2, -0.15) is 0 Å². The monoisotopic (exact) mass is 518 g/mol. The summed E-state index contributed by atoms with van der Waals surface area (Å²) in [5.74, 6) is -3.68. The molecule has 3 aromatic rings. The Labute approximate surface area is 210 Å². The summed E-state index contributed by atoms with van der Waals surface area (Å²) in [6.07, 6.45) is 3.70. The van der Waals surface area contributed by atoms with E-state index in [0.717, 1.165) is 30.0 Å². The van der Waals surface area contributed by atoms with Crippen LogP contribution in [0.1, 0.15) is 42.4 Å². The summed E-state index contributed by atoms with van der Waals surface area (Å²) in [6, 6.07) is 5.39. The second kappa shape index (κ2) is 10.2. The summed E-state index contributed by atoms with van der Waals surface area (Å²) in [5, 5.41) is 13.2. The first-order chi connectivity index (χ1) is 17.0. The van der Waals surface area contributed by atoms with E-state index in [9.17, 15) is 23.1 Å². The molecule has 0 unspecified atom stereocenters. The first-order valence-electron chi connectivity index (χ1n) is 11.1. The molecule has 0 aliphatic carbocycles. The molecule has 11 heteroatoms. The maximum absolute atomic E-state index is 14.8. The number of halogens is 3. The normalized spacial score (nSPS) is 23.9. The van der Waals surface area contributed by atoms with E-state index in [1.807, 2.05) is 0 Å². The van der Waals surface area contributed by atoms with Crippen molar-refractivity contribution in [3.63, 3.8) is 0 Å². The molecule has 4 N–H and O–H groups in total. The van der Waals surface area contributed by atoms with Crippen molar-refractivity contribution in [1.29, 1.82) is 0 Å². The number of pyridine rings is 2. The highest BCUT2D eigenvalue weighted by molar-refractivity contribution is 7.98. The number of nitrogens with zero attached hydrogens (tertiary/aromatic N) is 2. The number of nitrogens with one attached hydrogen (secondary N) is 1. The van der Waals surface area contributed by atoms with Gasteiger partial charge in [-0.15, -0.1) is 11.8 Å². The Morgan fingerprint density at radius 3 is 2.64 bits per heavy atom. The maximum Gasteiger partial charge on any atom is 0.274 e. The summed E-state index contributed by atoms with van der Waals surface area (Å²) in [6.45, 7) is 3.31. The zero-order chi connectivity index (χ0) is 26.2. The van der Waals surface area contributed by atoms with Gasteiger partial charge in [0, 0.05) is 22.7 Å². The number of hydrogen-bond donors (Lipinski definition) is 3. The molecule has 0 spiro atoms. The fourth-order valence-corrected chi connectivity index (χ4v) is 4.52. The summed E-state index contributed by atoms with van der Waals surface area (Å²) >= 11 is 1.03. The number of aliphatic hydroxyl groups is 1. The van der Waals surface area contributed by atoms with Crippen molar-refractivity contribution in [2.45, 2.75) is 49.0 Å². The van der Waals surface area contributed by atoms with Gasteiger partial charge in [0.25, 0.3) is 5.91 Å². The Kier molecular flexibility index (Phi) is 7.37. The van der Waals surface area contributed by atoms with Crippen molar-refractivity contribution in [3.8, 4) is 11.3 Å². The van der Waals surface area contributed by atoms with Crippen LogP contribution in [0.4, 0.5) is 18.9 Å². The molecule has 0 saturated carbocycles. The first kappa shape index (κ1) is 26.1. The second-order valence-electron chi connectivity index (χ2n) is 8.72. The van der Waals surface area contributed by atoms with E-state index in [4.69, 9.17) is 10.5 Å². The lowest BCUT2D eigenvalue weighted by atomic mass is 9.83. The summed E-state index contributed by atoms with van der Waals surface area (Å²) in [5.41, 5.74) is 4.29. The van der Waals surface area contributed by atoms with Gasteiger partial charge < -0.3 is 20.9 Å². The van der Waals surface area contributed by atoms with Crippen LogP contribution in [0.5, 0.6) is 0 Å². The summed E-state index contributed by atoms with van der Waals surface area (Å²) in [7, 11) is 0. The molecule has 2 aromatic heterocycles. The number of nitrogens with two attached hydrogens (primary N) is 1. The van der Waals surface area contributed by atoms with Gasteiger partial charge in [0.1, 0.15) is 34.4 Å². The molecule has 4 atom stereocenters. The minimum Gasteiger partial charge on any atom is -0.386 e. The van der Waals surface area contributed by atoms with Crippen LogP contribution in [0.25, 0.3) is 11.3 Å². The molecule has 0 bridgehead atoms. The predicted octanol–water partition coefficient (Wildman–Crippen LogP) is 4.46. The molecule has 1 aliphatic heterocycles. The molecule has 1 fully saturated rings. The van der Waals surface area contributed by atoms with E-state index in [1.165, 1.54) is 18.5 Å². The Balaban J connectivity index is 1.65. The molecule has 1 amide bonds. The number of benzene rings is 1. The topological polar surface area (TPSA) is 110 Å². The predicted molar refractivity (Wildman–Crippen MR) is 130 cm³/mol. The number of hydrogen-bond acceptors (Lipinski definition) is 7. The van der Waals surface area contributed by atoms with E-state index in [1.54, 1.807) is 26.2 Å². The highest BCUT2D eigenvalue weighted by Crippen LogP contribution is 2.38. The van der Waals surface area contributed by atoms with Crippen LogP contribution in [0.3, 0.4) is 0 Å². The number of carbonyl (C=O) groups is 1. The van der Waals surface area contributed by atoms with Crippen molar-refractivity contribution >= 4 is 23.4 Å². The van der Waals surface area contributed by atoms with Crippen LogP contribution >= 0.6 is 11.8 Å². The summed E-state index contributed by atoms with van der Waals surface area (Å²) < 4.78 is 49.9. The number of ether oxygens (including phenoxy) is 1. The average Bonchev–Trinajstić information content (AvgIpc) is 2.84. The van der Waals surface area contributed by atoms with E-state index < -0.39 is 58.5 Å². The van der Waals surface area contributed by atoms with Crippen LogP contribution in [-0.2, 0) is 4.74 Å². The minimum atomic E-state index is -1.22. The minimum absolute atomic E-state index is 0.112. The Morgan fingerprint density at radius 1 is 1.22 bits per heavy atom. The van der Waals surface area contributed by atoms with Gasteiger partial charge in [0.05, 0.1) is 29.7 Å². The van der Waals surface area contributed by atoms with E-state index >= 15 is 0 Å². The van der Waals surface area contributed by atoms with Crippen LogP contribution in [0.15, 0.2) is 47.6 Å². The number of carbonyl (C=O) groups excluding carboxylic acids is 1. The van der Waals surface area contributed by atoms with Crippen molar-refractivity contribution in [1.82, 2.24) is 9.97 Å². The molecule has 3 heterocycles. The Bertz CT molecular complexity index is 1290. The number of aromatic nitrogens is 2. The molecule has 1 saturated heterocycles. The molecule has 1 aliphatic rings. The van der Waals surface area contributed by atoms with Gasteiger partial charge in [-0.25, -0.2) is 18.2 Å². The molecule has 7 nitrogen and oxygen atoms in total. The number of amides is 1. The lowest BCUT2D eigenvalue weighted by molar-refractivity contribution is -0.171. The zero-order valence-electron chi connectivity index (χ0n) is 19.8. The van der Waals surface area contributed by atoms with Crippen LogP contribution in [-0.4, -0.2) is 45.0 Å². The fourth-order valence-electron chi connectivity index (χ4n) is 4.04. The molecule has 190 valence electrons. The average molecular weight is 519 g/mol. The smallest absolute Gasteiger partial charge is 0.274 e. The number of anilines is 1. The Hall–Kier alpha value is -2.99. The van der Waals surface area contributed by atoms with Gasteiger partial charge in [0.15, 0.2) is 0 Å². The Morgan fingerprint density at radius 2 is 1.94 bits per heavy atom. The highest BCUT2D eigenvalue weighted by atomic mass is 32.2. The largest absolute Gasteiger partial charge is 0.386 e. The lowest BCUT2D eigenvalue weighted by Crippen LogP contribution is -2.58. The third-order valence-corrected chi connectivity index (χ3v) is 7.21. The molecular formula is C25H25F3N4O3S. The highest BCUT2D eigenvalue weighted by Gasteiger charge is 2.43. The fraction of sp³-hybridized carbons (Fsp3) is 0.320. The van der Waals surface area contributed by atoms with E-state index in [0.29, 0.717) is 11.3 Å². The molecule has 36 heavy (non-hydrogen) atoms. The van der Waals surface area contributed by atoms with Gasteiger partial charge in [-0.3, -0.25) is 9.78 Å². The molecule has 0 radical (unpaired) electrons. The van der Waals surface area contributed by atoms with Crippen molar-refractivity contribution in [2.75, 3.05) is 11.6 Å². The van der Waals surface area contributed by atoms with Crippen LogP contribution in [0, 0.1) is 17.5 Å².